The van der Waals surface area contributed by atoms with Crippen LogP contribution in [0.3, 0.4) is 0 Å². The molecule has 14 heavy (non-hydrogen) atoms. The maximum Gasteiger partial charge on any atom is 0.0719 e. The maximum atomic E-state index is 6.12. The zero-order chi connectivity index (χ0) is 10.6. The molecule has 1 nitrogen and oxygen atoms in total. The van der Waals surface area contributed by atoms with Gasteiger partial charge in [0.25, 0.3) is 0 Å². The van der Waals surface area contributed by atoms with Gasteiger partial charge in [0.15, 0.2) is 0 Å². The monoisotopic (exact) mass is 310 g/mol. The van der Waals surface area contributed by atoms with E-state index in [1.54, 1.807) is 0 Å². The standard InChI is InChI=1S/C12H23IO/c1-10(14-12(2,3)9-13)11-7-5-4-6-8-11/h10-11H,4-9H2,1-3H3. The molecule has 84 valence electrons. The van der Waals surface area contributed by atoms with E-state index in [9.17, 15) is 0 Å². The summed E-state index contributed by atoms with van der Waals surface area (Å²) >= 11 is 2.41. The molecule has 2 heteroatoms. The molecule has 1 unspecified atom stereocenters. The zero-order valence-corrected chi connectivity index (χ0v) is 11.8. The Hall–Kier alpha value is 0.690. The van der Waals surface area contributed by atoms with Crippen LogP contribution in [-0.4, -0.2) is 16.1 Å². The molecule has 1 atom stereocenters. The van der Waals surface area contributed by atoms with Gasteiger partial charge in [0.2, 0.25) is 0 Å². The van der Waals surface area contributed by atoms with Crippen LogP contribution in [-0.2, 0) is 4.74 Å². The maximum absolute atomic E-state index is 6.12. The number of hydrogen-bond acceptors (Lipinski definition) is 1. The minimum Gasteiger partial charge on any atom is -0.372 e. The fraction of sp³-hybridized carbons (Fsp3) is 1.00. The number of hydrogen-bond donors (Lipinski definition) is 0. The third kappa shape index (κ3) is 4.05. The van der Waals surface area contributed by atoms with Crippen LogP contribution < -0.4 is 0 Å². The molecule has 1 rings (SSSR count). The minimum absolute atomic E-state index is 0.0530. The molecule has 1 aliphatic carbocycles. The lowest BCUT2D eigenvalue weighted by atomic mass is 9.85. The molecule has 0 N–H and O–H groups in total. The Balaban J connectivity index is 2.36. The molecule has 0 radical (unpaired) electrons. The molecule has 0 amide bonds. The average molecular weight is 310 g/mol. The van der Waals surface area contributed by atoms with Crippen molar-refractivity contribution in [3.8, 4) is 0 Å². The van der Waals surface area contributed by atoms with Crippen molar-refractivity contribution < 1.29 is 4.74 Å². The van der Waals surface area contributed by atoms with Gasteiger partial charge in [0, 0.05) is 4.43 Å². The third-order valence-electron chi connectivity index (χ3n) is 3.14. The predicted octanol–water partition coefficient (Wildman–Crippen LogP) is 4.19. The highest BCUT2D eigenvalue weighted by atomic mass is 127. The van der Waals surface area contributed by atoms with Gasteiger partial charge in [-0.25, -0.2) is 0 Å². The molecule has 0 bridgehead atoms. The summed E-state index contributed by atoms with van der Waals surface area (Å²) in [6, 6.07) is 0. The van der Waals surface area contributed by atoms with Crippen LogP contribution >= 0.6 is 22.6 Å². The van der Waals surface area contributed by atoms with Gasteiger partial charge in [-0.15, -0.1) is 0 Å². The summed E-state index contributed by atoms with van der Waals surface area (Å²) in [6.07, 6.45) is 7.43. The first-order chi connectivity index (χ1) is 6.55. The summed E-state index contributed by atoms with van der Waals surface area (Å²) in [5.41, 5.74) is 0.0530. The van der Waals surface area contributed by atoms with Gasteiger partial charge in [-0.05, 0) is 39.5 Å². The molecule has 0 aromatic rings. The summed E-state index contributed by atoms with van der Waals surface area (Å²) < 4.78 is 7.19. The Morgan fingerprint density at radius 1 is 1.29 bits per heavy atom. The van der Waals surface area contributed by atoms with E-state index >= 15 is 0 Å². The number of ether oxygens (including phenoxy) is 1. The first-order valence-electron chi connectivity index (χ1n) is 5.79. The number of alkyl halides is 1. The van der Waals surface area contributed by atoms with Crippen LogP contribution in [0.15, 0.2) is 0 Å². The molecule has 0 aromatic heterocycles. The van der Waals surface area contributed by atoms with E-state index in [-0.39, 0.29) is 5.60 Å². The van der Waals surface area contributed by atoms with Crippen molar-refractivity contribution in [1.29, 1.82) is 0 Å². The number of halogens is 1. The normalized spacial score (nSPS) is 22.3. The van der Waals surface area contributed by atoms with Crippen molar-refractivity contribution >= 4 is 22.6 Å². The Morgan fingerprint density at radius 2 is 1.86 bits per heavy atom. The fourth-order valence-electron chi connectivity index (χ4n) is 2.23. The third-order valence-corrected chi connectivity index (χ3v) is 4.98. The smallest absolute Gasteiger partial charge is 0.0719 e. The molecule has 0 aliphatic heterocycles. The highest BCUT2D eigenvalue weighted by Gasteiger charge is 2.26. The summed E-state index contributed by atoms with van der Waals surface area (Å²) in [6.45, 7) is 6.64. The van der Waals surface area contributed by atoms with Crippen molar-refractivity contribution in [3.05, 3.63) is 0 Å². The van der Waals surface area contributed by atoms with Crippen LogP contribution in [0.5, 0.6) is 0 Å². The SMILES string of the molecule is CC(OC(C)(C)CI)C1CCCCC1. The molecule has 1 aliphatic rings. The topological polar surface area (TPSA) is 9.23 Å². The van der Waals surface area contributed by atoms with E-state index in [1.165, 1.54) is 32.1 Å². The van der Waals surface area contributed by atoms with Gasteiger partial charge in [0.1, 0.15) is 0 Å². The molecule has 1 fully saturated rings. The van der Waals surface area contributed by atoms with Gasteiger partial charge in [-0.3, -0.25) is 0 Å². The summed E-state index contributed by atoms with van der Waals surface area (Å²) in [5.74, 6) is 0.811. The van der Waals surface area contributed by atoms with Crippen molar-refractivity contribution in [2.24, 2.45) is 5.92 Å². The second-order valence-electron chi connectivity index (χ2n) is 5.11. The Morgan fingerprint density at radius 3 is 2.36 bits per heavy atom. The van der Waals surface area contributed by atoms with Gasteiger partial charge in [0.05, 0.1) is 11.7 Å². The average Bonchev–Trinajstić information content (AvgIpc) is 2.19. The van der Waals surface area contributed by atoms with Gasteiger partial charge in [-0.2, -0.15) is 0 Å². The van der Waals surface area contributed by atoms with Gasteiger partial charge in [-0.1, -0.05) is 41.9 Å². The molecule has 0 saturated heterocycles. The molecule has 0 heterocycles. The van der Waals surface area contributed by atoms with E-state index in [4.69, 9.17) is 4.74 Å². The van der Waals surface area contributed by atoms with E-state index in [2.05, 4.69) is 43.4 Å². The van der Waals surface area contributed by atoms with Crippen molar-refractivity contribution in [1.82, 2.24) is 0 Å². The Bertz CT molecular complexity index is 162. The molecular formula is C12H23IO. The molecule has 0 aromatic carbocycles. The van der Waals surface area contributed by atoms with Crippen molar-refractivity contribution in [2.45, 2.75) is 64.6 Å². The lowest BCUT2D eigenvalue weighted by Crippen LogP contribution is -2.35. The Kier molecular flexibility index (Phi) is 5.18. The first kappa shape index (κ1) is 12.8. The quantitative estimate of drug-likeness (QED) is 0.559. The van der Waals surface area contributed by atoms with Crippen LogP contribution in [0, 0.1) is 5.92 Å². The molecule has 1 saturated carbocycles. The second kappa shape index (κ2) is 5.69. The van der Waals surface area contributed by atoms with Gasteiger partial charge < -0.3 is 4.74 Å². The molecular weight excluding hydrogens is 287 g/mol. The Labute approximate surface area is 102 Å². The minimum atomic E-state index is 0.0530. The fourth-order valence-corrected chi connectivity index (χ4v) is 2.41. The van der Waals surface area contributed by atoms with E-state index in [1.807, 2.05) is 0 Å². The lowest BCUT2D eigenvalue weighted by Gasteiger charge is -2.34. The van der Waals surface area contributed by atoms with Crippen LogP contribution in [0.4, 0.5) is 0 Å². The lowest BCUT2D eigenvalue weighted by molar-refractivity contribution is -0.0774. The van der Waals surface area contributed by atoms with E-state index < -0.39 is 0 Å². The second-order valence-corrected chi connectivity index (χ2v) is 5.88. The highest BCUT2D eigenvalue weighted by Crippen LogP contribution is 2.30. The van der Waals surface area contributed by atoms with Crippen molar-refractivity contribution in [3.63, 3.8) is 0 Å². The first-order valence-corrected chi connectivity index (χ1v) is 7.31. The predicted molar refractivity (Wildman–Crippen MR) is 70.1 cm³/mol. The zero-order valence-electron chi connectivity index (χ0n) is 9.68. The summed E-state index contributed by atoms with van der Waals surface area (Å²) in [7, 11) is 0. The molecule has 0 spiro atoms. The summed E-state index contributed by atoms with van der Waals surface area (Å²) in [5, 5.41) is 0. The largest absolute Gasteiger partial charge is 0.372 e. The van der Waals surface area contributed by atoms with Gasteiger partial charge >= 0.3 is 0 Å². The summed E-state index contributed by atoms with van der Waals surface area (Å²) in [4.78, 5) is 0. The van der Waals surface area contributed by atoms with Crippen molar-refractivity contribution in [2.75, 3.05) is 4.43 Å². The van der Waals surface area contributed by atoms with Crippen LogP contribution in [0.1, 0.15) is 52.9 Å². The van der Waals surface area contributed by atoms with Crippen LogP contribution in [0.25, 0.3) is 0 Å². The van der Waals surface area contributed by atoms with E-state index in [0.717, 1.165) is 10.3 Å². The highest BCUT2D eigenvalue weighted by molar-refractivity contribution is 14.1. The van der Waals surface area contributed by atoms with E-state index in [0.29, 0.717) is 6.10 Å². The van der Waals surface area contributed by atoms with Crippen LogP contribution in [0.2, 0.25) is 0 Å². The number of rotatable bonds is 4.